The number of carbonyl (C=O) groups is 1. The van der Waals surface area contributed by atoms with Gasteiger partial charge in [-0.3, -0.25) is 9.69 Å². The van der Waals surface area contributed by atoms with E-state index in [1.165, 1.54) is 0 Å². The van der Waals surface area contributed by atoms with E-state index in [-0.39, 0.29) is 5.91 Å². The van der Waals surface area contributed by atoms with Gasteiger partial charge in [-0.05, 0) is 24.4 Å². The van der Waals surface area contributed by atoms with Gasteiger partial charge in [0.05, 0.1) is 25.3 Å². The predicted octanol–water partition coefficient (Wildman–Crippen LogP) is 2.61. The molecule has 2 aromatic heterocycles. The average molecular weight is 307 g/mol. The summed E-state index contributed by atoms with van der Waals surface area (Å²) in [5, 5.41) is 8.93. The van der Waals surface area contributed by atoms with Crippen LogP contribution in [0.5, 0.6) is 0 Å². The monoisotopic (exact) mass is 307 g/mol. The summed E-state index contributed by atoms with van der Waals surface area (Å²) in [7, 11) is 1.89. The van der Waals surface area contributed by atoms with Crippen LogP contribution >= 0.6 is 11.3 Å². The van der Waals surface area contributed by atoms with Crippen molar-refractivity contribution < 1.29 is 9.32 Å². The average Bonchev–Trinajstić information content (AvgIpc) is 3.06. The molecule has 5 nitrogen and oxygen atoms in total. The van der Waals surface area contributed by atoms with Gasteiger partial charge in [-0.15, -0.1) is 11.3 Å². The Kier molecular flexibility index (Phi) is 5.52. The molecule has 0 saturated carbocycles. The summed E-state index contributed by atoms with van der Waals surface area (Å²) in [5.74, 6) is 1.14. The van der Waals surface area contributed by atoms with Crippen LogP contribution in [0.15, 0.2) is 28.1 Å². The molecule has 0 atom stereocenters. The molecule has 0 fully saturated rings. The molecule has 0 aliphatic heterocycles. The highest BCUT2D eigenvalue weighted by atomic mass is 32.1. The Morgan fingerprint density at radius 3 is 2.95 bits per heavy atom. The molecule has 21 heavy (non-hydrogen) atoms. The third-order valence-electron chi connectivity index (χ3n) is 3.05. The van der Waals surface area contributed by atoms with Gasteiger partial charge in [-0.25, -0.2) is 0 Å². The Labute approximate surface area is 128 Å². The number of nitrogens with one attached hydrogen (secondary N) is 1. The van der Waals surface area contributed by atoms with Gasteiger partial charge in [-0.2, -0.15) is 0 Å². The van der Waals surface area contributed by atoms with Crippen LogP contribution in [0.25, 0.3) is 0 Å². The van der Waals surface area contributed by atoms with Crippen LogP contribution in [0.1, 0.15) is 36.1 Å². The number of hydrogen-bond donors (Lipinski definition) is 1. The van der Waals surface area contributed by atoms with Gasteiger partial charge in [0, 0.05) is 10.9 Å². The van der Waals surface area contributed by atoms with E-state index in [1.54, 1.807) is 11.3 Å². The molecule has 0 spiro atoms. The smallest absolute Gasteiger partial charge is 0.234 e. The second-order valence-corrected chi connectivity index (χ2v) is 6.43. The van der Waals surface area contributed by atoms with Crippen molar-refractivity contribution in [1.82, 2.24) is 15.4 Å². The Bertz CT molecular complexity index is 563. The quantitative estimate of drug-likeness (QED) is 0.854. The molecule has 6 heteroatoms. The number of thiophene rings is 1. The molecule has 0 saturated heterocycles. The van der Waals surface area contributed by atoms with Crippen molar-refractivity contribution in [2.75, 3.05) is 13.6 Å². The molecule has 0 radical (unpaired) electrons. The number of carbonyl (C=O) groups excluding carboxylic acids is 1. The van der Waals surface area contributed by atoms with E-state index in [2.05, 4.69) is 24.3 Å². The van der Waals surface area contributed by atoms with Crippen LogP contribution in [-0.2, 0) is 17.9 Å². The van der Waals surface area contributed by atoms with Gasteiger partial charge in [-0.1, -0.05) is 25.1 Å². The minimum atomic E-state index is 0.00879. The number of aromatic nitrogens is 1. The number of rotatable bonds is 7. The van der Waals surface area contributed by atoms with Gasteiger partial charge in [0.2, 0.25) is 5.91 Å². The van der Waals surface area contributed by atoms with Gasteiger partial charge < -0.3 is 9.84 Å². The first-order chi connectivity index (χ1) is 10.0. The maximum atomic E-state index is 11.9. The van der Waals surface area contributed by atoms with Gasteiger partial charge in [0.25, 0.3) is 0 Å². The summed E-state index contributed by atoms with van der Waals surface area (Å²) >= 11 is 1.64. The highest BCUT2D eigenvalue weighted by molar-refractivity contribution is 7.09. The molecule has 0 aliphatic rings. The van der Waals surface area contributed by atoms with Crippen molar-refractivity contribution in [2.45, 2.75) is 32.9 Å². The summed E-state index contributed by atoms with van der Waals surface area (Å²) < 4.78 is 5.28. The Morgan fingerprint density at radius 1 is 1.52 bits per heavy atom. The van der Waals surface area contributed by atoms with Crippen molar-refractivity contribution in [3.05, 3.63) is 39.9 Å². The molecule has 114 valence electrons. The van der Waals surface area contributed by atoms with E-state index < -0.39 is 0 Å². The van der Waals surface area contributed by atoms with E-state index in [9.17, 15) is 4.79 Å². The predicted molar refractivity (Wildman–Crippen MR) is 83.1 cm³/mol. The Balaban J connectivity index is 1.75. The van der Waals surface area contributed by atoms with Crippen LogP contribution < -0.4 is 5.32 Å². The third-order valence-corrected chi connectivity index (χ3v) is 3.92. The molecule has 1 amide bonds. The zero-order valence-corrected chi connectivity index (χ0v) is 13.4. The van der Waals surface area contributed by atoms with Gasteiger partial charge >= 0.3 is 0 Å². The fourth-order valence-corrected chi connectivity index (χ4v) is 2.54. The van der Waals surface area contributed by atoms with E-state index in [0.29, 0.717) is 25.6 Å². The fourth-order valence-electron chi connectivity index (χ4n) is 1.90. The van der Waals surface area contributed by atoms with Gasteiger partial charge in [0.1, 0.15) is 0 Å². The van der Waals surface area contributed by atoms with Crippen molar-refractivity contribution in [1.29, 1.82) is 0 Å². The largest absolute Gasteiger partial charge is 0.360 e. The zero-order chi connectivity index (χ0) is 15.2. The summed E-state index contributed by atoms with van der Waals surface area (Å²) in [6.45, 7) is 5.64. The first-order valence-electron chi connectivity index (χ1n) is 6.97. The third kappa shape index (κ3) is 4.99. The van der Waals surface area contributed by atoms with Gasteiger partial charge in [0.15, 0.2) is 5.76 Å². The SMILES string of the molecule is CC(C)c1cc(CN(C)CC(=O)NCc2cccs2)on1. The summed E-state index contributed by atoms with van der Waals surface area (Å²) in [6, 6.07) is 5.94. The maximum Gasteiger partial charge on any atom is 0.234 e. The maximum absolute atomic E-state index is 11.9. The Morgan fingerprint density at radius 2 is 2.33 bits per heavy atom. The molecule has 2 heterocycles. The first kappa shape index (κ1) is 15.7. The zero-order valence-electron chi connectivity index (χ0n) is 12.6. The van der Waals surface area contributed by atoms with Crippen LogP contribution in [0.3, 0.4) is 0 Å². The van der Waals surface area contributed by atoms with E-state index >= 15 is 0 Å². The normalized spacial score (nSPS) is 11.3. The standard InChI is InChI=1S/C15H21N3O2S/c1-11(2)14-7-12(20-17-14)9-18(3)10-15(19)16-8-13-5-4-6-21-13/h4-7,11H,8-10H2,1-3H3,(H,16,19). The molecule has 2 rings (SSSR count). The van der Waals surface area contributed by atoms with Crippen molar-refractivity contribution in [2.24, 2.45) is 0 Å². The first-order valence-corrected chi connectivity index (χ1v) is 7.85. The molecule has 0 unspecified atom stereocenters. The van der Waals surface area contributed by atoms with Crippen molar-refractivity contribution >= 4 is 17.2 Å². The minimum Gasteiger partial charge on any atom is -0.360 e. The molecule has 0 aromatic carbocycles. The van der Waals surface area contributed by atoms with Crippen LogP contribution in [-0.4, -0.2) is 29.6 Å². The van der Waals surface area contributed by atoms with Crippen LogP contribution in [0, 0.1) is 0 Å². The van der Waals surface area contributed by atoms with Crippen molar-refractivity contribution in [3.63, 3.8) is 0 Å². The van der Waals surface area contributed by atoms with Crippen molar-refractivity contribution in [3.8, 4) is 0 Å². The lowest BCUT2D eigenvalue weighted by Gasteiger charge is -2.14. The number of hydrogen-bond acceptors (Lipinski definition) is 5. The van der Waals surface area contributed by atoms with E-state index in [4.69, 9.17) is 4.52 Å². The number of amides is 1. The van der Waals surface area contributed by atoms with E-state index in [0.717, 1.165) is 16.3 Å². The Hall–Kier alpha value is -1.66. The summed E-state index contributed by atoms with van der Waals surface area (Å²) in [4.78, 5) is 14.9. The second-order valence-electron chi connectivity index (χ2n) is 5.40. The lowest BCUT2D eigenvalue weighted by molar-refractivity contribution is -0.122. The van der Waals surface area contributed by atoms with Crippen LogP contribution in [0.4, 0.5) is 0 Å². The molecule has 0 aliphatic carbocycles. The molecular formula is C15H21N3O2S. The highest BCUT2D eigenvalue weighted by Crippen LogP contribution is 2.14. The molecule has 0 bridgehead atoms. The fraction of sp³-hybridized carbons (Fsp3) is 0.467. The van der Waals surface area contributed by atoms with Crippen LogP contribution in [0.2, 0.25) is 0 Å². The summed E-state index contributed by atoms with van der Waals surface area (Å²) in [6.07, 6.45) is 0. The molecule has 1 N–H and O–H groups in total. The molecular weight excluding hydrogens is 286 g/mol. The minimum absolute atomic E-state index is 0.00879. The summed E-state index contributed by atoms with van der Waals surface area (Å²) in [5.41, 5.74) is 0.945. The lowest BCUT2D eigenvalue weighted by atomic mass is 10.1. The molecule has 2 aromatic rings. The number of likely N-dealkylation sites (N-methyl/N-ethyl adjacent to an activating group) is 1. The second kappa shape index (κ2) is 7.38. The lowest BCUT2D eigenvalue weighted by Crippen LogP contribution is -2.34. The number of nitrogens with zero attached hydrogens (tertiary/aromatic N) is 2. The topological polar surface area (TPSA) is 58.4 Å². The highest BCUT2D eigenvalue weighted by Gasteiger charge is 2.12. The van der Waals surface area contributed by atoms with E-state index in [1.807, 2.05) is 35.5 Å².